The monoisotopic (exact) mass is 549 g/mol. The fraction of sp³-hybridized carbons (Fsp3) is 0.400. The Kier molecular flexibility index (Phi) is 8.30. The van der Waals surface area contributed by atoms with Crippen LogP contribution in [0.4, 0.5) is 0 Å². The van der Waals surface area contributed by atoms with Crippen LogP contribution in [-0.2, 0) is 26.0 Å². The van der Waals surface area contributed by atoms with Gasteiger partial charge in [-0.3, -0.25) is 9.59 Å². The molecule has 0 bridgehead atoms. The van der Waals surface area contributed by atoms with E-state index in [1.165, 1.54) is 14.8 Å². The lowest BCUT2D eigenvalue weighted by Gasteiger charge is -2.39. The van der Waals surface area contributed by atoms with Gasteiger partial charge >= 0.3 is 5.97 Å². The summed E-state index contributed by atoms with van der Waals surface area (Å²) in [6.45, 7) is 2.26. The van der Waals surface area contributed by atoms with Gasteiger partial charge in [-0.25, -0.2) is 8.42 Å². The number of hydrogen-bond acceptors (Lipinski definition) is 5. The van der Waals surface area contributed by atoms with Crippen LogP contribution in [0.25, 0.3) is 10.8 Å². The molecule has 0 spiro atoms. The van der Waals surface area contributed by atoms with Gasteiger partial charge in [0.15, 0.2) is 0 Å². The zero-order chi connectivity index (χ0) is 27.4. The Balaban J connectivity index is 1.28. The van der Waals surface area contributed by atoms with Gasteiger partial charge in [-0.2, -0.15) is 4.31 Å². The molecular formula is C30H35N3O5S. The smallest absolute Gasteiger partial charge is 0.323 e. The molecule has 2 aliphatic rings. The summed E-state index contributed by atoms with van der Waals surface area (Å²) in [5.41, 5.74) is 1.27. The number of fused-ring (bicyclic) bond motifs is 1. The molecule has 0 unspecified atom stereocenters. The van der Waals surface area contributed by atoms with Crippen LogP contribution in [0.5, 0.6) is 0 Å². The second-order valence-electron chi connectivity index (χ2n) is 10.5. The Morgan fingerprint density at radius 3 is 2.28 bits per heavy atom. The van der Waals surface area contributed by atoms with Crippen LogP contribution >= 0.6 is 0 Å². The summed E-state index contributed by atoms with van der Waals surface area (Å²) in [6.07, 6.45) is 3.21. The standard InChI is InChI=1S/C30H35N3O5S/c34-29(35)22-32(26-15-19-31(20-16-26)18-14-23-7-2-1-3-8-23)30(36)28-11-6-17-33(28)39(37,38)27-13-12-24-9-4-5-10-25(24)21-27/h1-5,7-10,12-13,21,26,28H,6,11,14-20,22H2,(H,34,35)/t28-/m0/s1. The van der Waals surface area contributed by atoms with Crippen LogP contribution in [0.1, 0.15) is 31.2 Å². The van der Waals surface area contributed by atoms with Gasteiger partial charge in [-0.15, -0.1) is 0 Å². The fourth-order valence-electron chi connectivity index (χ4n) is 5.85. The summed E-state index contributed by atoms with van der Waals surface area (Å²) in [5.74, 6) is -1.49. The van der Waals surface area contributed by atoms with Gasteiger partial charge in [0.05, 0.1) is 4.90 Å². The number of carboxylic acids is 1. The first kappa shape index (κ1) is 27.3. The molecule has 9 heteroatoms. The molecule has 3 aromatic rings. The van der Waals surface area contributed by atoms with E-state index in [2.05, 4.69) is 17.0 Å². The molecule has 1 N–H and O–H groups in total. The number of hydrogen-bond donors (Lipinski definition) is 1. The number of carbonyl (C=O) groups excluding carboxylic acids is 1. The molecule has 3 aromatic carbocycles. The van der Waals surface area contributed by atoms with Gasteiger partial charge < -0.3 is 14.9 Å². The molecule has 206 valence electrons. The number of amides is 1. The van der Waals surface area contributed by atoms with Gasteiger partial charge in [0.25, 0.3) is 0 Å². The largest absolute Gasteiger partial charge is 0.480 e. The van der Waals surface area contributed by atoms with E-state index in [9.17, 15) is 23.1 Å². The third-order valence-electron chi connectivity index (χ3n) is 7.96. The first-order valence-corrected chi connectivity index (χ1v) is 15.1. The SMILES string of the molecule is O=C(O)CN(C(=O)[C@@H]1CCCN1S(=O)(=O)c1ccc2ccccc2c1)C1CCN(CCc2ccccc2)CC1. The fourth-order valence-corrected chi connectivity index (χ4v) is 7.54. The van der Waals surface area contributed by atoms with Gasteiger partial charge in [-0.05, 0) is 60.6 Å². The van der Waals surface area contributed by atoms with Crippen LogP contribution in [0.3, 0.4) is 0 Å². The third kappa shape index (κ3) is 6.16. The van der Waals surface area contributed by atoms with E-state index in [0.717, 1.165) is 36.8 Å². The number of sulfonamides is 1. The molecule has 0 saturated carbocycles. The zero-order valence-electron chi connectivity index (χ0n) is 22.0. The number of piperidine rings is 1. The lowest BCUT2D eigenvalue weighted by Crippen LogP contribution is -2.55. The highest BCUT2D eigenvalue weighted by Gasteiger charge is 2.43. The van der Waals surface area contributed by atoms with E-state index in [1.807, 2.05) is 42.5 Å². The third-order valence-corrected chi connectivity index (χ3v) is 9.87. The zero-order valence-corrected chi connectivity index (χ0v) is 22.8. The van der Waals surface area contributed by atoms with Crippen molar-refractivity contribution < 1.29 is 23.1 Å². The molecule has 8 nitrogen and oxygen atoms in total. The molecule has 0 aromatic heterocycles. The van der Waals surface area contributed by atoms with Crippen LogP contribution in [0, 0.1) is 0 Å². The minimum atomic E-state index is -3.93. The predicted molar refractivity (Wildman–Crippen MR) is 150 cm³/mol. The number of benzene rings is 3. The van der Waals surface area contributed by atoms with Crippen molar-refractivity contribution in [3.05, 3.63) is 78.4 Å². The van der Waals surface area contributed by atoms with Gasteiger partial charge in [0.1, 0.15) is 12.6 Å². The lowest BCUT2D eigenvalue weighted by atomic mass is 10.0. The van der Waals surface area contributed by atoms with Crippen molar-refractivity contribution in [2.75, 3.05) is 32.7 Å². The van der Waals surface area contributed by atoms with E-state index < -0.39 is 34.5 Å². The molecular weight excluding hydrogens is 514 g/mol. The van der Waals surface area contributed by atoms with Crippen molar-refractivity contribution in [3.63, 3.8) is 0 Å². The van der Waals surface area contributed by atoms with Gasteiger partial charge in [-0.1, -0.05) is 60.7 Å². The molecule has 5 rings (SSSR count). The Morgan fingerprint density at radius 2 is 1.56 bits per heavy atom. The first-order valence-electron chi connectivity index (χ1n) is 13.6. The highest BCUT2D eigenvalue weighted by Crippen LogP contribution is 2.30. The van der Waals surface area contributed by atoms with Crippen molar-refractivity contribution in [2.45, 2.75) is 49.1 Å². The summed E-state index contributed by atoms with van der Waals surface area (Å²) in [5, 5.41) is 11.4. The molecule has 2 saturated heterocycles. The quantitative estimate of drug-likeness (QED) is 0.438. The lowest BCUT2D eigenvalue weighted by molar-refractivity contribution is -0.148. The maximum Gasteiger partial charge on any atom is 0.323 e. The maximum atomic E-state index is 13.8. The number of nitrogens with zero attached hydrogens (tertiary/aromatic N) is 3. The Morgan fingerprint density at radius 1 is 0.872 bits per heavy atom. The van der Waals surface area contributed by atoms with Crippen molar-refractivity contribution >= 4 is 32.7 Å². The van der Waals surface area contributed by atoms with Crippen LogP contribution in [-0.4, -0.2) is 84.3 Å². The predicted octanol–water partition coefficient (Wildman–Crippen LogP) is 3.61. The summed E-state index contributed by atoms with van der Waals surface area (Å²) >= 11 is 0. The van der Waals surface area contributed by atoms with E-state index >= 15 is 0 Å². The average Bonchev–Trinajstić information content (AvgIpc) is 3.46. The van der Waals surface area contributed by atoms with Crippen molar-refractivity contribution in [3.8, 4) is 0 Å². The van der Waals surface area contributed by atoms with E-state index in [1.54, 1.807) is 18.2 Å². The van der Waals surface area contributed by atoms with E-state index in [-0.39, 0.29) is 17.5 Å². The Hall–Kier alpha value is -3.27. The molecule has 2 aliphatic heterocycles. The van der Waals surface area contributed by atoms with Crippen molar-refractivity contribution in [1.29, 1.82) is 0 Å². The second-order valence-corrected chi connectivity index (χ2v) is 12.3. The highest BCUT2D eigenvalue weighted by atomic mass is 32.2. The molecule has 39 heavy (non-hydrogen) atoms. The Labute approximate surface area is 229 Å². The van der Waals surface area contributed by atoms with Crippen LogP contribution in [0.2, 0.25) is 0 Å². The minimum absolute atomic E-state index is 0.150. The van der Waals surface area contributed by atoms with Crippen LogP contribution < -0.4 is 0 Å². The van der Waals surface area contributed by atoms with E-state index in [4.69, 9.17) is 0 Å². The molecule has 1 atom stereocenters. The Bertz CT molecular complexity index is 1420. The van der Waals surface area contributed by atoms with Gasteiger partial charge in [0, 0.05) is 32.2 Å². The number of aliphatic carboxylic acids is 1. The number of carbonyl (C=O) groups is 2. The number of rotatable bonds is 9. The number of carboxylic acid groups (broad SMARTS) is 1. The minimum Gasteiger partial charge on any atom is -0.480 e. The molecule has 1 amide bonds. The molecule has 2 heterocycles. The summed E-state index contributed by atoms with van der Waals surface area (Å²) in [4.78, 5) is 29.5. The highest BCUT2D eigenvalue weighted by molar-refractivity contribution is 7.89. The van der Waals surface area contributed by atoms with Crippen molar-refractivity contribution in [1.82, 2.24) is 14.1 Å². The van der Waals surface area contributed by atoms with Gasteiger partial charge in [0.2, 0.25) is 15.9 Å². The average molecular weight is 550 g/mol. The van der Waals surface area contributed by atoms with Crippen molar-refractivity contribution in [2.24, 2.45) is 0 Å². The summed E-state index contributed by atoms with van der Waals surface area (Å²) < 4.78 is 28.6. The first-order chi connectivity index (χ1) is 18.8. The number of likely N-dealkylation sites (tertiary alicyclic amines) is 1. The molecule has 0 aliphatic carbocycles. The molecule has 0 radical (unpaired) electrons. The van der Waals surface area contributed by atoms with Crippen LogP contribution in [0.15, 0.2) is 77.7 Å². The van der Waals surface area contributed by atoms with E-state index in [0.29, 0.717) is 25.7 Å². The summed E-state index contributed by atoms with van der Waals surface area (Å²) in [6, 6.07) is 21.7. The maximum absolute atomic E-state index is 13.8. The second kappa shape index (κ2) is 11.9. The molecule has 2 fully saturated rings. The summed E-state index contributed by atoms with van der Waals surface area (Å²) in [7, 11) is -3.93. The normalized spacial score (nSPS) is 19.3. The topological polar surface area (TPSA) is 98.2 Å².